The van der Waals surface area contributed by atoms with Crippen molar-refractivity contribution in [2.24, 2.45) is 5.73 Å². The molecule has 20 heavy (non-hydrogen) atoms. The average molecular weight is 274 g/mol. The summed E-state index contributed by atoms with van der Waals surface area (Å²) >= 11 is 0. The van der Waals surface area contributed by atoms with E-state index in [9.17, 15) is 14.7 Å². The van der Waals surface area contributed by atoms with E-state index in [4.69, 9.17) is 10.2 Å². The van der Waals surface area contributed by atoms with E-state index in [-0.39, 0.29) is 17.2 Å². The van der Waals surface area contributed by atoms with Crippen LogP contribution in [-0.4, -0.2) is 24.1 Å². The van der Waals surface area contributed by atoms with Gasteiger partial charge in [0.15, 0.2) is 0 Å². The summed E-state index contributed by atoms with van der Waals surface area (Å²) in [5.74, 6) is -0.314. The van der Waals surface area contributed by atoms with Crippen LogP contribution in [0.15, 0.2) is 39.6 Å². The third-order valence-electron chi connectivity index (χ3n) is 2.60. The van der Waals surface area contributed by atoms with Crippen LogP contribution in [0, 0.1) is 0 Å². The summed E-state index contributed by atoms with van der Waals surface area (Å²) in [6.45, 7) is 0.718. The number of carbonyl (C=O) groups is 1. The lowest BCUT2D eigenvalue weighted by Crippen LogP contribution is -2.27. The van der Waals surface area contributed by atoms with Crippen LogP contribution in [-0.2, 0) is 4.79 Å². The fourth-order valence-corrected chi connectivity index (χ4v) is 1.65. The van der Waals surface area contributed by atoms with Gasteiger partial charge in [-0.1, -0.05) is 0 Å². The highest BCUT2D eigenvalue weighted by Gasteiger charge is 2.04. The van der Waals surface area contributed by atoms with Gasteiger partial charge in [-0.15, -0.1) is 0 Å². The van der Waals surface area contributed by atoms with Crippen molar-refractivity contribution < 1.29 is 14.3 Å². The highest BCUT2D eigenvalue weighted by atomic mass is 16.4. The average Bonchev–Trinajstić information content (AvgIpc) is 2.42. The van der Waals surface area contributed by atoms with Gasteiger partial charge in [-0.05, 0) is 24.3 Å². The van der Waals surface area contributed by atoms with Crippen LogP contribution < -0.4 is 16.7 Å². The van der Waals surface area contributed by atoms with E-state index in [1.54, 1.807) is 12.1 Å². The summed E-state index contributed by atoms with van der Waals surface area (Å²) in [4.78, 5) is 23.1. The Labute approximate surface area is 114 Å². The van der Waals surface area contributed by atoms with E-state index in [1.807, 2.05) is 0 Å². The molecule has 0 bridgehead atoms. The predicted molar refractivity (Wildman–Crippen MR) is 75.2 cm³/mol. The molecule has 6 heteroatoms. The van der Waals surface area contributed by atoms with Crippen LogP contribution in [0.3, 0.4) is 0 Å². The second-order valence-corrected chi connectivity index (χ2v) is 4.12. The Kier molecular flexibility index (Phi) is 4.17. The zero-order chi connectivity index (χ0) is 14.5. The Balaban J connectivity index is 2.29. The summed E-state index contributed by atoms with van der Waals surface area (Å²) in [7, 11) is 0. The van der Waals surface area contributed by atoms with E-state index >= 15 is 0 Å². The molecule has 2 rings (SSSR count). The third kappa shape index (κ3) is 3.24. The zero-order valence-corrected chi connectivity index (χ0v) is 10.6. The molecule has 0 saturated carbocycles. The summed E-state index contributed by atoms with van der Waals surface area (Å²) in [6, 6.07) is 6.06. The van der Waals surface area contributed by atoms with Crippen LogP contribution in [0.2, 0.25) is 0 Å². The standard InChI is InChI=1S/C14H14N2O4/c15-5-6-16-13(18)4-2-10-7-9-1-3-11(17)8-12(9)20-14(10)19/h1-4,7-8,17H,5-6,15H2,(H,16,18). The zero-order valence-electron chi connectivity index (χ0n) is 10.6. The second-order valence-electron chi connectivity index (χ2n) is 4.12. The lowest BCUT2D eigenvalue weighted by Gasteiger charge is -2.00. The molecule has 0 aliphatic carbocycles. The minimum Gasteiger partial charge on any atom is -0.508 e. The van der Waals surface area contributed by atoms with Gasteiger partial charge in [0.05, 0.1) is 5.56 Å². The molecule has 6 nitrogen and oxygen atoms in total. The quantitative estimate of drug-likeness (QED) is 0.559. The van der Waals surface area contributed by atoms with Gasteiger partial charge in [-0.25, -0.2) is 4.79 Å². The lowest BCUT2D eigenvalue weighted by molar-refractivity contribution is -0.116. The molecule has 1 heterocycles. The van der Waals surface area contributed by atoms with Gasteiger partial charge in [0.1, 0.15) is 11.3 Å². The number of aromatic hydroxyl groups is 1. The van der Waals surface area contributed by atoms with Crippen LogP contribution in [0.5, 0.6) is 5.75 Å². The van der Waals surface area contributed by atoms with Crippen molar-refractivity contribution in [3.8, 4) is 5.75 Å². The van der Waals surface area contributed by atoms with E-state index in [2.05, 4.69) is 5.32 Å². The first kappa shape index (κ1) is 13.8. The molecule has 104 valence electrons. The smallest absolute Gasteiger partial charge is 0.343 e. The Hall–Kier alpha value is -2.60. The lowest BCUT2D eigenvalue weighted by atomic mass is 10.1. The molecule has 1 aromatic heterocycles. The molecule has 0 saturated heterocycles. The normalized spacial score (nSPS) is 11.1. The molecule has 0 atom stereocenters. The van der Waals surface area contributed by atoms with Gasteiger partial charge >= 0.3 is 5.63 Å². The number of rotatable bonds is 4. The second kappa shape index (κ2) is 6.03. The number of amides is 1. The number of nitrogens with one attached hydrogen (secondary N) is 1. The van der Waals surface area contributed by atoms with Crippen molar-refractivity contribution in [1.29, 1.82) is 0 Å². The number of hydrogen-bond acceptors (Lipinski definition) is 5. The fraction of sp³-hybridized carbons (Fsp3) is 0.143. The number of carbonyl (C=O) groups excluding carboxylic acids is 1. The van der Waals surface area contributed by atoms with Crippen molar-refractivity contribution >= 4 is 23.0 Å². The minimum atomic E-state index is -0.578. The molecule has 0 radical (unpaired) electrons. The van der Waals surface area contributed by atoms with Crippen molar-refractivity contribution in [2.75, 3.05) is 13.1 Å². The van der Waals surface area contributed by atoms with Crippen LogP contribution in [0.25, 0.3) is 17.0 Å². The van der Waals surface area contributed by atoms with Gasteiger partial charge in [-0.2, -0.15) is 0 Å². The molecular weight excluding hydrogens is 260 g/mol. The number of benzene rings is 1. The van der Waals surface area contributed by atoms with Crippen molar-refractivity contribution in [1.82, 2.24) is 5.32 Å². The maximum absolute atomic E-state index is 11.7. The monoisotopic (exact) mass is 274 g/mol. The van der Waals surface area contributed by atoms with Crippen molar-refractivity contribution in [3.63, 3.8) is 0 Å². The van der Waals surface area contributed by atoms with Gasteiger partial charge in [-0.3, -0.25) is 4.79 Å². The van der Waals surface area contributed by atoms with E-state index < -0.39 is 5.63 Å². The fourth-order valence-electron chi connectivity index (χ4n) is 1.65. The predicted octanol–water partition coefficient (Wildman–Crippen LogP) is 0.587. The molecule has 4 N–H and O–H groups in total. The van der Waals surface area contributed by atoms with Crippen LogP contribution in [0.4, 0.5) is 0 Å². The van der Waals surface area contributed by atoms with Gasteiger partial charge in [0.25, 0.3) is 0 Å². The molecule has 0 spiro atoms. The van der Waals surface area contributed by atoms with Gasteiger partial charge < -0.3 is 20.6 Å². The first-order valence-electron chi connectivity index (χ1n) is 6.03. The first-order chi connectivity index (χ1) is 9.60. The number of hydrogen-bond donors (Lipinski definition) is 3. The highest BCUT2D eigenvalue weighted by Crippen LogP contribution is 2.19. The van der Waals surface area contributed by atoms with E-state index in [1.165, 1.54) is 24.3 Å². The summed E-state index contributed by atoms with van der Waals surface area (Å²) < 4.78 is 5.07. The Bertz CT molecular complexity index is 719. The molecule has 0 aliphatic rings. The summed E-state index contributed by atoms with van der Waals surface area (Å²) in [5, 5.41) is 12.5. The SMILES string of the molecule is NCCNC(=O)C=Cc1cc2ccc(O)cc2oc1=O. The Morgan fingerprint density at radius 3 is 2.95 bits per heavy atom. The number of phenolic OH excluding ortho intramolecular Hbond substituents is 1. The maximum atomic E-state index is 11.7. The summed E-state index contributed by atoms with van der Waals surface area (Å²) in [6.07, 6.45) is 2.62. The number of phenols is 1. The molecule has 2 aromatic rings. The molecule has 0 aliphatic heterocycles. The van der Waals surface area contributed by atoms with Gasteiger partial charge in [0, 0.05) is 30.6 Å². The maximum Gasteiger partial charge on any atom is 0.343 e. The highest BCUT2D eigenvalue weighted by molar-refractivity contribution is 5.92. The van der Waals surface area contributed by atoms with Gasteiger partial charge in [0.2, 0.25) is 5.91 Å². The topological polar surface area (TPSA) is 106 Å². The third-order valence-corrected chi connectivity index (χ3v) is 2.60. The molecule has 1 amide bonds. The van der Waals surface area contributed by atoms with Crippen molar-refractivity contribution in [3.05, 3.63) is 46.3 Å². The number of nitrogens with two attached hydrogens (primary N) is 1. The van der Waals surface area contributed by atoms with Crippen LogP contribution in [0.1, 0.15) is 5.56 Å². The van der Waals surface area contributed by atoms with E-state index in [0.29, 0.717) is 24.1 Å². The van der Waals surface area contributed by atoms with Crippen LogP contribution >= 0.6 is 0 Å². The molecule has 0 unspecified atom stereocenters. The minimum absolute atomic E-state index is 0.0186. The molecule has 0 fully saturated rings. The first-order valence-corrected chi connectivity index (χ1v) is 6.03. The largest absolute Gasteiger partial charge is 0.508 e. The molecular formula is C14H14N2O4. The Morgan fingerprint density at radius 1 is 1.40 bits per heavy atom. The van der Waals surface area contributed by atoms with Crippen molar-refractivity contribution in [2.45, 2.75) is 0 Å². The Morgan fingerprint density at radius 2 is 2.20 bits per heavy atom. The number of fused-ring (bicyclic) bond motifs is 1. The summed E-state index contributed by atoms with van der Waals surface area (Å²) in [5.41, 5.74) is 5.23. The molecule has 1 aromatic carbocycles. The van der Waals surface area contributed by atoms with E-state index in [0.717, 1.165) is 0 Å².